The smallest absolute Gasteiger partial charge is 0.308 e. The summed E-state index contributed by atoms with van der Waals surface area (Å²) < 4.78 is 27.1. The van der Waals surface area contributed by atoms with E-state index in [1.807, 2.05) is 34.6 Å². The number of amides is 1. The van der Waals surface area contributed by atoms with Crippen LogP contribution < -0.4 is 4.74 Å². The lowest BCUT2D eigenvalue weighted by molar-refractivity contribution is -0.132. The summed E-state index contributed by atoms with van der Waals surface area (Å²) in [5, 5.41) is 0. The highest BCUT2D eigenvalue weighted by Crippen LogP contribution is 2.19. The Labute approximate surface area is 154 Å². The number of halogens is 1. The molecule has 0 aliphatic heterocycles. The van der Waals surface area contributed by atoms with Crippen molar-refractivity contribution in [1.29, 1.82) is 0 Å². The normalized spacial score (nSPS) is 9.12. The van der Waals surface area contributed by atoms with E-state index in [0.717, 1.165) is 18.1 Å². The first-order valence-electron chi connectivity index (χ1n) is 8.53. The minimum Gasteiger partial charge on any atom is -0.424 e. The third kappa shape index (κ3) is 10.1. The first-order chi connectivity index (χ1) is 12.0. The Kier molecular flexibility index (Phi) is 16.3. The van der Waals surface area contributed by atoms with Gasteiger partial charge in [0.05, 0.1) is 0 Å². The van der Waals surface area contributed by atoms with Crippen LogP contribution in [-0.2, 0) is 4.79 Å². The molecule has 5 nitrogen and oxygen atoms in total. The molecule has 1 amide bonds. The second kappa shape index (κ2) is 15.9. The maximum Gasteiger partial charge on any atom is 0.308 e. The summed E-state index contributed by atoms with van der Waals surface area (Å²) in [6.07, 6.45) is 0.648. The Morgan fingerprint density at radius 3 is 2.28 bits per heavy atom. The summed E-state index contributed by atoms with van der Waals surface area (Å²) in [5.41, 5.74) is 0.196. The number of rotatable bonds is 7. The molecule has 144 valence electrons. The number of ether oxygens (including phenoxy) is 1. The van der Waals surface area contributed by atoms with Crippen molar-refractivity contribution in [2.75, 3.05) is 18.8 Å². The fourth-order valence-corrected chi connectivity index (χ4v) is 2.04. The Morgan fingerprint density at radius 1 is 1.24 bits per heavy atom. The molecule has 0 aliphatic carbocycles. The van der Waals surface area contributed by atoms with E-state index in [0.29, 0.717) is 25.3 Å². The molecule has 7 heteroatoms. The molecule has 0 saturated heterocycles. The van der Waals surface area contributed by atoms with Crippen molar-refractivity contribution in [2.24, 2.45) is 0 Å². The zero-order chi connectivity index (χ0) is 19.8. The van der Waals surface area contributed by atoms with E-state index in [-0.39, 0.29) is 17.2 Å². The molecule has 0 heterocycles. The average molecular weight is 376 g/mol. The van der Waals surface area contributed by atoms with Crippen molar-refractivity contribution in [3.8, 4) is 5.75 Å². The Morgan fingerprint density at radius 2 is 1.84 bits per heavy atom. The number of carbonyl (C=O) groups is 2. The highest BCUT2D eigenvalue weighted by Gasteiger charge is 2.16. The predicted molar refractivity (Wildman–Crippen MR) is 102 cm³/mol. The molecule has 0 unspecified atom stereocenters. The number of hydrogen-bond donors (Lipinski definition) is 1. The van der Waals surface area contributed by atoms with Crippen LogP contribution >= 0.6 is 12.0 Å². The summed E-state index contributed by atoms with van der Waals surface area (Å²) in [6.45, 7) is 12.0. The van der Waals surface area contributed by atoms with E-state index in [9.17, 15) is 14.0 Å². The van der Waals surface area contributed by atoms with E-state index in [4.69, 9.17) is 4.55 Å². The van der Waals surface area contributed by atoms with Crippen LogP contribution in [0, 0.1) is 5.82 Å². The molecule has 25 heavy (non-hydrogen) atoms. The molecule has 0 aliphatic rings. The van der Waals surface area contributed by atoms with E-state index in [2.05, 4.69) is 4.74 Å². The summed E-state index contributed by atoms with van der Waals surface area (Å²) in [4.78, 5) is 24.6. The quantitative estimate of drug-likeness (QED) is 0.319. The lowest BCUT2D eigenvalue weighted by Crippen LogP contribution is -2.32. The largest absolute Gasteiger partial charge is 0.424 e. The van der Waals surface area contributed by atoms with Gasteiger partial charge in [-0.05, 0) is 43.6 Å². The highest BCUT2D eigenvalue weighted by molar-refractivity contribution is 7.93. The van der Waals surface area contributed by atoms with E-state index in [1.165, 1.54) is 19.1 Å². The van der Waals surface area contributed by atoms with Crippen LogP contribution in [0.25, 0.3) is 0 Å². The molecule has 0 bridgehead atoms. The van der Waals surface area contributed by atoms with Crippen LogP contribution in [0.15, 0.2) is 18.2 Å². The summed E-state index contributed by atoms with van der Waals surface area (Å²) >= 11 is 0.725. The molecule has 0 atom stereocenters. The van der Waals surface area contributed by atoms with E-state index < -0.39 is 11.8 Å². The molecular formula is C18H30FNO4S. The molecule has 0 fully saturated rings. The van der Waals surface area contributed by atoms with Gasteiger partial charge in [0.1, 0.15) is 0 Å². The maximum atomic E-state index is 13.8. The van der Waals surface area contributed by atoms with E-state index in [1.54, 1.807) is 4.90 Å². The van der Waals surface area contributed by atoms with Gasteiger partial charge >= 0.3 is 5.97 Å². The molecule has 1 rings (SSSR count). The van der Waals surface area contributed by atoms with Gasteiger partial charge in [-0.15, -0.1) is 0 Å². The Hall–Kier alpha value is -1.60. The first kappa shape index (κ1) is 25.6. The number of nitrogens with zero attached hydrogens (tertiary/aromatic N) is 1. The average Bonchev–Trinajstić information content (AvgIpc) is 2.63. The zero-order valence-corrected chi connectivity index (χ0v) is 16.8. The van der Waals surface area contributed by atoms with Gasteiger partial charge in [0.25, 0.3) is 5.91 Å². The first-order valence-corrected chi connectivity index (χ1v) is 9.47. The van der Waals surface area contributed by atoms with Gasteiger partial charge < -0.3 is 14.2 Å². The van der Waals surface area contributed by atoms with Gasteiger partial charge in [-0.2, -0.15) is 0 Å². The van der Waals surface area contributed by atoms with Crippen LogP contribution in [0.2, 0.25) is 0 Å². The van der Waals surface area contributed by atoms with Gasteiger partial charge in [0.2, 0.25) is 0 Å². The molecule has 0 saturated carbocycles. The molecule has 1 aromatic carbocycles. The van der Waals surface area contributed by atoms with Crippen LogP contribution in [0.1, 0.15) is 58.3 Å². The van der Waals surface area contributed by atoms with Crippen LogP contribution in [0.5, 0.6) is 5.75 Å². The summed E-state index contributed by atoms with van der Waals surface area (Å²) in [6, 6.07) is 3.75. The van der Waals surface area contributed by atoms with Crippen molar-refractivity contribution in [3.63, 3.8) is 0 Å². The van der Waals surface area contributed by atoms with Gasteiger partial charge in [-0.3, -0.25) is 9.59 Å². The third-order valence-corrected chi connectivity index (χ3v) is 3.24. The molecule has 1 N–H and O–H groups in total. The summed E-state index contributed by atoms with van der Waals surface area (Å²) in [5.74, 6) is -1.33. The molecule has 0 radical (unpaired) electrons. The fraction of sp³-hybridized carbons (Fsp3) is 0.556. The Bertz CT molecular complexity index is 512. The second-order valence-electron chi connectivity index (χ2n) is 4.31. The second-order valence-corrected chi connectivity index (χ2v) is 4.98. The van der Waals surface area contributed by atoms with Gasteiger partial charge in [-0.1, -0.05) is 27.7 Å². The van der Waals surface area contributed by atoms with Crippen molar-refractivity contribution in [2.45, 2.75) is 48.0 Å². The number of benzene rings is 1. The summed E-state index contributed by atoms with van der Waals surface area (Å²) in [7, 11) is 0. The van der Waals surface area contributed by atoms with Crippen molar-refractivity contribution in [3.05, 3.63) is 29.6 Å². The lowest BCUT2D eigenvalue weighted by Gasteiger charge is -2.20. The SMILES string of the molecule is CC.CC.CCN(CCCSO)C(=O)c1ccc(OC(C)=O)c(F)c1. The number of carbonyl (C=O) groups excluding carboxylic acids is 2. The van der Waals surface area contributed by atoms with Crippen LogP contribution in [-0.4, -0.2) is 40.2 Å². The zero-order valence-electron chi connectivity index (χ0n) is 16.0. The standard InChI is InChI=1S/C14H18FNO4S.2C2H6/c1-3-16(7-4-8-21-19)14(18)11-5-6-13(12(15)9-11)20-10(2)17;2*1-2/h5-6,9,19H,3-4,7-8H2,1-2H3;2*1-2H3. The van der Waals surface area contributed by atoms with Crippen molar-refractivity contribution >= 4 is 23.9 Å². The minimum atomic E-state index is -0.752. The Balaban J connectivity index is 0. The van der Waals surface area contributed by atoms with Crippen LogP contribution in [0.4, 0.5) is 4.39 Å². The van der Waals surface area contributed by atoms with Crippen molar-refractivity contribution < 1.29 is 23.3 Å². The maximum absolute atomic E-state index is 13.8. The van der Waals surface area contributed by atoms with Gasteiger partial charge in [0.15, 0.2) is 11.6 Å². The van der Waals surface area contributed by atoms with Crippen molar-refractivity contribution in [1.82, 2.24) is 4.90 Å². The van der Waals surface area contributed by atoms with Crippen LogP contribution in [0.3, 0.4) is 0 Å². The molecular weight excluding hydrogens is 345 g/mol. The molecule has 0 spiro atoms. The van der Waals surface area contributed by atoms with Gasteiger partial charge in [-0.25, -0.2) is 4.39 Å². The highest BCUT2D eigenvalue weighted by atomic mass is 32.2. The predicted octanol–water partition coefficient (Wildman–Crippen LogP) is 4.86. The number of hydrogen-bond acceptors (Lipinski definition) is 5. The minimum absolute atomic E-state index is 0.196. The third-order valence-electron chi connectivity index (χ3n) is 2.77. The topological polar surface area (TPSA) is 66.8 Å². The lowest BCUT2D eigenvalue weighted by atomic mass is 10.1. The van der Waals surface area contributed by atoms with Gasteiger partial charge in [0, 0.05) is 31.3 Å². The monoisotopic (exact) mass is 375 g/mol. The van der Waals surface area contributed by atoms with E-state index >= 15 is 0 Å². The molecule has 0 aromatic heterocycles. The molecule has 1 aromatic rings. The number of esters is 1. The fourth-order valence-electron chi connectivity index (χ4n) is 1.78.